The molecule has 1 aromatic heterocycles. The Kier molecular flexibility index (Phi) is 5.12. The maximum atomic E-state index is 12.0. The van der Waals surface area contributed by atoms with E-state index in [0.717, 1.165) is 5.56 Å². The molecule has 1 aliphatic heterocycles. The maximum absolute atomic E-state index is 12.0. The van der Waals surface area contributed by atoms with Gasteiger partial charge in [-0.25, -0.2) is 4.79 Å². The summed E-state index contributed by atoms with van der Waals surface area (Å²) in [7, 11) is 0. The third-order valence-electron chi connectivity index (χ3n) is 3.46. The van der Waals surface area contributed by atoms with Crippen molar-refractivity contribution >= 4 is 17.7 Å². The van der Waals surface area contributed by atoms with E-state index < -0.39 is 5.97 Å². The average Bonchev–Trinajstić information content (AvgIpc) is 3.22. The van der Waals surface area contributed by atoms with Crippen LogP contribution >= 0.6 is 0 Å². The molecule has 0 spiro atoms. The molecule has 132 valence electrons. The van der Waals surface area contributed by atoms with Gasteiger partial charge >= 0.3 is 5.97 Å². The molecule has 2 aromatic rings. The Morgan fingerprint density at radius 1 is 1.32 bits per heavy atom. The Morgan fingerprint density at radius 3 is 3.00 bits per heavy atom. The van der Waals surface area contributed by atoms with Crippen LogP contribution in [0.2, 0.25) is 0 Å². The summed E-state index contributed by atoms with van der Waals surface area (Å²) in [5, 5.41) is 10.6. The molecule has 3 rings (SSSR count). The van der Waals surface area contributed by atoms with Crippen LogP contribution in [0.25, 0.3) is 0 Å². The number of benzene rings is 1. The van der Waals surface area contributed by atoms with E-state index >= 15 is 0 Å². The number of hydrogen-bond donors (Lipinski definition) is 1. The normalized spacial score (nSPS) is 12.0. The van der Waals surface area contributed by atoms with E-state index in [9.17, 15) is 9.59 Å². The van der Waals surface area contributed by atoms with Gasteiger partial charge in [-0.05, 0) is 31.0 Å². The topological polar surface area (TPSA) is 105 Å². The van der Waals surface area contributed by atoms with Crippen molar-refractivity contribution in [3.8, 4) is 11.5 Å². The zero-order chi connectivity index (χ0) is 17.6. The van der Waals surface area contributed by atoms with Gasteiger partial charge in [0.15, 0.2) is 23.9 Å². The zero-order valence-corrected chi connectivity index (χ0v) is 13.7. The number of anilines is 1. The number of aryl methyl sites for hydroxylation is 1. The quantitative estimate of drug-likeness (QED) is 0.750. The third-order valence-corrected chi connectivity index (χ3v) is 3.46. The number of hydrogen-bond acceptors (Lipinski definition) is 7. The molecule has 1 amide bonds. The van der Waals surface area contributed by atoms with Crippen LogP contribution < -0.4 is 14.8 Å². The highest BCUT2D eigenvalue weighted by Crippen LogP contribution is 2.32. The lowest BCUT2D eigenvalue weighted by Gasteiger charge is -2.04. The highest BCUT2D eigenvalue weighted by Gasteiger charge is 2.14. The fraction of sp³-hybridized carbons (Fsp3) is 0.375. The summed E-state index contributed by atoms with van der Waals surface area (Å²) in [6.07, 6.45) is 2.22. The summed E-state index contributed by atoms with van der Waals surface area (Å²) >= 11 is 0. The van der Waals surface area contributed by atoms with E-state index in [2.05, 4.69) is 15.5 Å². The highest BCUT2D eigenvalue weighted by atomic mass is 16.7. The summed E-state index contributed by atoms with van der Waals surface area (Å²) < 4.78 is 15.4. The van der Waals surface area contributed by atoms with Gasteiger partial charge in [0.25, 0.3) is 0 Å². The van der Waals surface area contributed by atoms with Gasteiger partial charge in [-0.1, -0.05) is 6.07 Å². The van der Waals surface area contributed by atoms with Gasteiger partial charge in [0.05, 0.1) is 12.8 Å². The van der Waals surface area contributed by atoms with Crippen molar-refractivity contribution in [3.63, 3.8) is 0 Å². The first-order valence-electron chi connectivity index (χ1n) is 7.88. The van der Waals surface area contributed by atoms with Gasteiger partial charge in [-0.15, -0.1) is 5.10 Å². The van der Waals surface area contributed by atoms with E-state index in [0.29, 0.717) is 30.3 Å². The number of carbonyl (C=O) groups is 2. The number of rotatable bonds is 7. The van der Waals surface area contributed by atoms with Crippen LogP contribution in [-0.4, -0.2) is 40.3 Å². The monoisotopic (exact) mass is 346 g/mol. The van der Waals surface area contributed by atoms with Crippen molar-refractivity contribution in [1.82, 2.24) is 15.0 Å². The van der Waals surface area contributed by atoms with Gasteiger partial charge in [0, 0.05) is 6.42 Å². The number of fused-ring (bicyclic) bond motifs is 1. The highest BCUT2D eigenvalue weighted by molar-refractivity contribution is 5.89. The van der Waals surface area contributed by atoms with Crippen LogP contribution in [0.1, 0.15) is 18.9 Å². The fourth-order valence-electron chi connectivity index (χ4n) is 2.31. The molecule has 0 bridgehead atoms. The molecule has 25 heavy (non-hydrogen) atoms. The minimum Gasteiger partial charge on any atom is -0.465 e. The van der Waals surface area contributed by atoms with Gasteiger partial charge in [0.2, 0.25) is 12.7 Å². The van der Waals surface area contributed by atoms with E-state index in [4.69, 9.17) is 14.2 Å². The number of nitrogens with zero attached hydrogens (tertiary/aromatic N) is 3. The first-order valence-corrected chi connectivity index (χ1v) is 7.88. The molecule has 9 heteroatoms. The largest absolute Gasteiger partial charge is 0.465 e. The first-order chi connectivity index (χ1) is 12.1. The average molecular weight is 346 g/mol. The Labute approximate surface area is 143 Å². The van der Waals surface area contributed by atoms with Crippen LogP contribution in [0.5, 0.6) is 11.5 Å². The molecule has 2 heterocycles. The summed E-state index contributed by atoms with van der Waals surface area (Å²) in [5.74, 6) is 1.07. The van der Waals surface area contributed by atoms with Crippen molar-refractivity contribution in [2.24, 2.45) is 0 Å². The standard InChI is InChI=1S/C16H18N4O5/c1-2-23-16(22)9-20-17-8-14(19-20)18-15(21)6-4-11-3-5-12-13(7-11)25-10-24-12/h3,5,7-8H,2,4,6,9-10H2,1H3,(H,18,19,21). The Balaban J connectivity index is 1.48. The van der Waals surface area contributed by atoms with E-state index in [1.165, 1.54) is 11.0 Å². The molecule has 1 N–H and O–H groups in total. The van der Waals surface area contributed by atoms with Crippen molar-refractivity contribution in [2.45, 2.75) is 26.3 Å². The molecular formula is C16H18N4O5. The van der Waals surface area contributed by atoms with Gasteiger partial charge < -0.3 is 19.5 Å². The molecule has 0 saturated heterocycles. The van der Waals surface area contributed by atoms with Crippen molar-refractivity contribution in [1.29, 1.82) is 0 Å². The van der Waals surface area contributed by atoms with Gasteiger partial charge in [0.1, 0.15) is 0 Å². The number of aromatic nitrogens is 3. The molecule has 1 aliphatic rings. The molecule has 0 unspecified atom stereocenters. The number of ether oxygens (including phenoxy) is 3. The molecule has 0 saturated carbocycles. The summed E-state index contributed by atoms with van der Waals surface area (Å²) in [6, 6.07) is 5.60. The predicted molar refractivity (Wildman–Crippen MR) is 86.2 cm³/mol. The van der Waals surface area contributed by atoms with E-state index in [1.54, 1.807) is 6.92 Å². The van der Waals surface area contributed by atoms with E-state index in [1.807, 2.05) is 18.2 Å². The van der Waals surface area contributed by atoms with Gasteiger partial charge in [-0.2, -0.15) is 9.90 Å². The molecule has 0 atom stereocenters. The second-order valence-electron chi connectivity index (χ2n) is 5.30. The number of amides is 1. The number of nitrogens with one attached hydrogen (secondary N) is 1. The molecule has 1 aromatic carbocycles. The minimum absolute atomic E-state index is 0.0963. The Morgan fingerprint density at radius 2 is 2.16 bits per heavy atom. The van der Waals surface area contributed by atoms with Crippen LogP contribution in [0, 0.1) is 0 Å². The molecule has 0 radical (unpaired) electrons. The second-order valence-corrected chi connectivity index (χ2v) is 5.30. The molecular weight excluding hydrogens is 328 g/mol. The van der Waals surface area contributed by atoms with Crippen LogP contribution in [0.3, 0.4) is 0 Å². The lowest BCUT2D eigenvalue weighted by atomic mass is 10.1. The Hall–Kier alpha value is -3.10. The lowest BCUT2D eigenvalue weighted by Crippen LogP contribution is -2.16. The van der Waals surface area contributed by atoms with Crippen LogP contribution in [0.15, 0.2) is 24.4 Å². The number of esters is 1. The van der Waals surface area contributed by atoms with Crippen molar-refractivity contribution < 1.29 is 23.8 Å². The zero-order valence-electron chi connectivity index (χ0n) is 13.7. The van der Waals surface area contributed by atoms with Crippen molar-refractivity contribution in [3.05, 3.63) is 30.0 Å². The maximum Gasteiger partial charge on any atom is 0.329 e. The lowest BCUT2D eigenvalue weighted by molar-refractivity contribution is -0.144. The van der Waals surface area contributed by atoms with E-state index in [-0.39, 0.29) is 25.7 Å². The first kappa shape index (κ1) is 16.7. The molecule has 0 fully saturated rings. The second kappa shape index (κ2) is 7.65. The summed E-state index contributed by atoms with van der Waals surface area (Å²) in [6.45, 7) is 2.14. The van der Waals surface area contributed by atoms with Gasteiger partial charge in [-0.3, -0.25) is 4.79 Å². The van der Waals surface area contributed by atoms with Crippen LogP contribution in [0.4, 0.5) is 5.82 Å². The smallest absolute Gasteiger partial charge is 0.329 e. The van der Waals surface area contributed by atoms with Crippen molar-refractivity contribution in [2.75, 3.05) is 18.7 Å². The SMILES string of the molecule is CCOC(=O)Cn1ncc(NC(=O)CCc2ccc3c(c2)OCO3)n1. The third kappa shape index (κ3) is 4.46. The molecule has 9 nitrogen and oxygen atoms in total. The van der Waals surface area contributed by atoms with Crippen LogP contribution in [-0.2, 0) is 27.3 Å². The summed E-state index contributed by atoms with van der Waals surface area (Å²) in [5.41, 5.74) is 0.977. The Bertz CT molecular complexity index is 774. The predicted octanol–water partition coefficient (Wildman–Crippen LogP) is 1.14. The molecule has 0 aliphatic carbocycles. The fourth-order valence-corrected chi connectivity index (χ4v) is 2.31. The number of carbonyl (C=O) groups excluding carboxylic acids is 2. The minimum atomic E-state index is -0.432. The summed E-state index contributed by atoms with van der Waals surface area (Å²) in [4.78, 5) is 24.5.